The molecule has 0 aromatic heterocycles. The fourth-order valence-corrected chi connectivity index (χ4v) is 1.06. The van der Waals surface area contributed by atoms with Gasteiger partial charge in [0.15, 0.2) is 0 Å². The molecule has 0 aliphatic rings. The molecular formula is C13H20BO3. The summed E-state index contributed by atoms with van der Waals surface area (Å²) in [6, 6.07) is 7.31. The summed E-state index contributed by atoms with van der Waals surface area (Å²) in [4.78, 5) is 0. The van der Waals surface area contributed by atoms with E-state index in [9.17, 15) is 5.11 Å². The number of methoxy groups -OCH3 is 1. The van der Waals surface area contributed by atoms with Crippen LogP contribution in [-0.4, -0.2) is 31.8 Å². The molecule has 1 rings (SSSR count). The second-order valence-corrected chi connectivity index (χ2v) is 4.85. The first kappa shape index (κ1) is 15.8. The van der Waals surface area contributed by atoms with Crippen molar-refractivity contribution in [1.82, 2.24) is 0 Å². The average molecular weight is 235 g/mol. The summed E-state index contributed by atoms with van der Waals surface area (Å²) in [7, 11) is 1.62. The molecule has 3 radical (unpaired) electrons. The number of ether oxygens (including phenoxy) is 2. The molecule has 93 valence electrons. The van der Waals surface area contributed by atoms with Gasteiger partial charge in [0.05, 0.1) is 12.7 Å². The molecule has 17 heavy (non-hydrogen) atoms. The lowest BCUT2D eigenvalue weighted by Gasteiger charge is -2.37. The van der Waals surface area contributed by atoms with Crippen molar-refractivity contribution in [3.63, 3.8) is 0 Å². The van der Waals surface area contributed by atoms with Gasteiger partial charge in [-0.3, -0.25) is 0 Å². The number of aliphatic hydroxyl groups is 1. The van der Waals surface area contributed by atoms with Crippen LogP contribution < -0.4 is 9.47 Å². The second kappa shape index (κ2) is 5.45. The SMILES string of the molecule is COc1ccc(OC(C)(C)C(C)(C)O)cc1.[B]. The lowest BCUT2D eigenvalue weighted by Crippen LogP contribution is -2.49. The van der Waals surface area contributed by atoms with Crippen LogP contribution in [0.2, 0.25) is 0 Å². The molecular weight excluding hydrogens is 215 g/mol. The highest BCUT2D eigenvalue weighted by Gasteiger charge is 2.37. The van der Waals surface area contributed by atoms with Crippen LogP contribution in [0, 0.1) is 0 Å². The predicted octanol–water partition coefficient (Wildman–Crippen LogP) is 2.24. The van der Waals surface area contributed by atoms with E-state index < -0.39 is 11.2 Å². The summed E-state index contributed by atoms with van der Waals surface area (Å²) in [5.74, 6) is 1.50. The van der Waals surface area contributed by atoms with Crippen LogP contribution in [-0.2, 0) is 0 Å². The number of hydrogen-bond acceptors (Lipinski definition) is 3. The Morgan fingerprint density at radius 1 is 0.941 bits per heavy atom. The van der Waals surface area contributed by atoms with E-state index in [1.54, 1.807) is 21.0 Å². The van der Waals surface area contributed by atoms with Crippen molar-refractivity contribution < 1.29 is 14.6 Å². The van der Waals surface area contributed by atoms with Gasteiger partial charge in [0.25, 0.3) is 0 Å². The van der Waals surface area contributed by atoms with Crippen LogP contribution >= 0.6 is 0 Å². The summed E-state index contributed by atoms with van der Waals surface area (Å²) in [6.07, 6.45) is 0. The second-order valence-electron chi connectivity index (χ2n) is 4.85. The first-order chi connectivity index (χ1) is 7.26. The van der Waals surface area contributed by atoms with E-state index in [2.05, 4.69) is 0 Å². The highest BCUT2D eigenvalue weighted by molar-refractivity contribution is 5.75. The molecule has 0 saturated carbocycles. The molecule has 0 saturated heterocycles. The molecule has 1 aromatic rings. The quantitative estimate of drug-likeness (QED) is 0.813. The Labute approximate surface area is 105 Å². The number of benzene rings is 1. The van der Waals surface area contributed by atoms with E-state index in [0.29, 0.717) is 5.75 Å². The molecule has 0 unspecified atom stereocenters. The smallest absolute Gasteiger partial charge is 0.131 e. The van der Waals surface area contributed by atoms with Gasteiger partial charge >= 0.3 is 0 Å². The number of hydrogen-bond donors (Lipinski definition) is 1. The zero-order chi connectivity index (χ0) is 12.4. The third kappa shape index (κ3) is 3.97. The zero-order valence-corrected chi connectivity index (χ0v) is 11.2. The van der Waals surface area contributed by atoms with Gasteiger partial charge in [0.1, 0.15) is 17.1 Å². The highest BCUT2D eigenvalue weighted by atomic mass is 16.5. The minimum Gasteiger partial charge on any atom is -0.497 e. The summed E-state index contributed by atoms with van der Waals surface area (Å²) < 4.78 is 10.8. The summed E-state index contributed by atoms with van der Waals surface area (Å²) >= 11 is 0. The monoisotopic (exact) mass is 235 g/mol. The van der Waals surface area contributed by atoms with Crippen LogP contribution in [0.4, 0.5) is 0 Å². The topological polar surface area (TPSA) is 38.7 Å². The van der Waals surface area contributed by atoms with Gasteiger partial charge in [-0.2, -0.15) is 0 Å². The van der Waals surface area contributed by atoms with Crippen molar-refractivity contribution >= 4 is 8.41 Å². The third-order valence-electron chi connectivity index (χ3n) is 2.91. The van der Waals surface area contributed by atoms with E-state index in [1.807, 2.05) is 38.1 Å². The Balaban J connectivity index is 0.00000256. The van der Waals surface area contributed by atoms with E-state index >= 15 is 0 Å². The number of rotatable bonds is 4. The van der Waals surface area contributed by atoms with Gasteiger partial charge < -0.3 is 14.6 Å². The van der Waals surface area contributed by atoms with Crippen LogP contribution in [0.15, 0.2) is 24.3 Å². The molecule has 0 bridgehead atoms. The Hall–Kier alpha value is -1.16. The Bertz CT molecular complexity index is 339. The first-order valence-electron chi connectivity index (χ1n) is 5.32. The van der Waals surface area contributed by atoms with Crippen LogP contribution in [0.5, 0.6) is 11.5 Å². The maximum Gasteiger partial charge on any atom is 0.131 e. The minimum atomic E-state index is -0.910. The molecule has 3 nitrogen and oxygen atoms in total. The lowest BCUT2D eigenvalue weighted by molar-refractivity contribution is -0.0906. The van der Waals surface area contributed by atoms with Gasteiger partial charge in [0.2, 0.25) is 0 Å². The van der Waals surface area contributed by atoms with E-state index in [0.717, 1.165) is 5.75 Å². The van der Waals surface area contributed by atoms with Gasteiger partial charge in [-0.25, -0.2) is 0 Å². The Kier molecular flexibility index (Phi) is 5.08. The fourth-order valence-electron chi connectivity index (χ4n) is 1.06. The van der Waals surface area contributed by atoms with Crippen molar-refractivity contribution in [3.8, 4) is 11.5 Å². The van der Waals surface area contributed by atoms with E-state index in [-0.39, 0.29) is 8.41 Å². The molecule has 0 spiro atoms. The van der Waals surface area contributed by atoms with Crippen LogP contribution in [0.1, 0.15) is 27.7 Å². The van der Waals surface area contributed by atoms with Crippen molar-refractivity contribution in [2.24, 2.45) is 0 Å². The van der Waals surface area contributed by atoms with Gasteiger partial charge in [0, 0.05) is 8.41 Å². The van der Waals surface area contributed by atoms with Gasteiger partial charge in [-0.05, 0) is 52.0 Å². The largest absolute Gasteiger partial charge is 0.497 e. The normalized spacial score (nSPS) is 11.6. The average Bonchev–Trinajstić information content (AvgIpc) is 2.16. The van der Waals surface area contributed by atoms with E-state index in [1.165, 1.54) is 0 Å². The molecule has 0 aliphatic heterocycles. The van der Waals surface area contributed by atoms with Crippen molar-refractivity contribution in [2.45, 2.75) is 38.9 Å². The maximum atomic E-state index is 9.96. The molecule has 0 atom stereocenters. The van der Waals surface area contributed by atoms with Crippen LogP contribution in [0.25, 0.3) is 0 Å². The maximum absolute atomic E-state index is 9.96. The van der Waals surface area contributed by atoms with Gasteiger partial charge in [-0.15, -0.1) is 0 Å². The third-order valence-corrected chi connectivity index (χ3v) is 2.91. The summed E-state index contributed by atoms with van der Waals surface area (Å²) in [6.45, 7) is 7.18. The molecule has 0 amide bonds. The molecule has 0 fully saturated rings. The minimum absolute atomic E-state index is 0. The molecule has 0 aliphatic carbocycles. The van der Waals surface area contributed by atoms with Crippen molar-refractivity contribution in [1.29, 1.82) is 0 Å². The van der Waals surface area contributed by atoms with Crippen molar-refractivity contribution in [2.75, 3.05) is 7.11 Å². The van der Waals surface area contributed by atoms with Crippen molar-refractivity contribution in [3.05, 3.63) is 24.3 Å². The van der Waals surface area contributed by atoms with Gasteiger partial charge in [-0.1, -0.05) is 0 Å². The fraction of sp³-hybridized carbons (Fsp3) is 0.538. The Morgan fingerprint density at radius 3 is 1.71 bits per heavy atom. The van der Waals surface area contributed by atoms with Crippen LogP contribution in [0.3, 0.4) is 0 Å². The first-order valence-corrected chi connectivity index (χ1v) is 5.32. The summed E-state index contributed by atoms with van der Waals surface area (Å²) in [5.41, 5.74) is -1.56. The zero-order valence-electron chi connectivity index (χ0n) is 11.2. The molecule has 1 N–H and O–H groups in total. The Morgan fingerprint density at radius 2 is 1.35 bits per heavy atom. The lowest BCUT2D eigenvalue weighted by atomic mass is 9.89. The predicted molar refractivity (Wildman–Crippen MR) is 69.8 cm³/mol. The standard InChI is InChI=1S/C13H20O3.B/c1-12(2,14)13(3,4)16-11-8-6-10(15-5)7-9-11;/h6-9,14H,1-5H3;. The highest BCUT2D eigenvalue weighted by Crippen LogP contribution is 2.28. The van der Waals surface area contributed by atoms with E-state index in [4.69, 9.17) is 9.47 Å². The molecule has 1 aromatic carbocycles. The summed E-state index contributed by atoms with van der Waals surface area (Å²) in [5, 5.41) is 9.96. The molecule has 0 heterocycles. The molecule has 4 heteroatoms.